The van der Waals surface area contributed by atoms with Gasteiger partial charge in [0.05, 0.1) is 0 Å². The fraction of sp³-hybridized carbons (Fsp3) is 0.143. The Kier molecular flexibility index (Phi) is 2.43. The highest BCUT2D eigenvalue weighted by Gasteiger charge is 1.87. The van der Waals surface area contributed by atoms with Crippen LogP contribution >= 0.6 is 0 Å². The van der Waals surface area contributed by atoms with Crippen molar-refractivity contribution < 1.29 is 4.84 Å². The van der Waals surface area contributed by atoms with Crippen molar-refractivity contribution in [3.63, 3.8) is 0 Å². The normalized spacial score (nSPS) is 8.80. The number of hydrogen-bond donors (Lipinski definition) is 1. The van der Waals surface area contributed by atoms with Gasteiger partial charge < -0.3 is 4.84 Å². The van der Waals surface area contributed by atoms with Gasteiger partial charge in [-0.3, -0.25) is 0 Å². The van der Waals surface area contributed by atoms with Gasteiger partial charge in [0.15, 0.2) is 0 Å². The van der Waals surface area contributed by atoms with Crippen molar-refractivity contribution in [3.8, 4) is 0 Å². The molecule has 0 amide bonds. The topological polar surface area (TPSA) is 45.4 Å². The maximum Gasteiger partial charge on any atom is 0.144 e. The van der Waals surface area contributed by atoms with Crippen molar-refractivity contribution in [2.45, 2.75) is 6.61 Å². The predicted octanol–water partition coefficient (Wildman–Crippen LogP) is 2.15. The average Bonchev–Trinajstić information content (AvgIpc) is 2.03. The summed E-state index contributed by atoms with van der Waals surface area (Å²) in [4.78, 5) is 4.51. The molecule has 0 radical (unpaired) electrons. The highest BCUT2D eigenvalue weighted by molar-refractivity contribution is 5.13. The Bertz CT molecular complexity index is 198. The minimum Gasteiger partial charge on any atom is -0.375 e. The summed E-state index contributed by atoms with van der Waals surface area (Å²) in [6.07, 6.45) is 0. The van der Waals surface area contributed by atoms with Crippen molar-refractivity contribution >= 4 is 0 Å². The van der Waals surface area contributed by atoms with Crippen LogP contribution in [-0.2, 0) is 11.4 Å². The van der Waals surface area contributed by atoms with Crippen LogP contribution in [0.1, 0.15) is 5.56 Å². The molecule has 0 saturated heterocycles. The summed E-state index contributed by atoms with van der Waals surface area (Å²) in [6, 6.07) is 9.61. The van der Waals surface area contributed by atoms with E-state index >= 15 is 0 Å². The summed E-state index contributed by atoms with van der Waals surface area (Å²) in [5, 5.41) is 2.78. The van der Waals surface area contributed by atoms with E-state index in [0.29, 0.717) is 6.61 Å². The number of nitrogens with one attached hydrogen (secondary N) is 1. The third kappa shape index (κ3) is 1.85. The number of hydrogen-bond acceptors (Lipinski definition) is 3. The lowest BCUT2D eigenvalue weighted by Gasteiger charge is -1.95. The van der Waals surface area contributed by atoms with Gasteiger partial charge in [0.1, 0.15) is 6.61 Å². The van der Waals surface area contributed by atoms with Crippen molar-refractivity contribution in [1.82, 2.24) is 0 Å². The molecule has 10 heavy (non-hydrogen) atoms. The van der Waals surface area contributed by atoms with Gasteiger partial charge in [0.25, 0.3) is 0 Å². The first kappa shape index (κ1) is 6.74. The molecule has 3 nitrogen and oxygen atoms in total. The van der Waals surface area contributed by atoms with Gasteiger partial charge in [-0.25, -0.2) is 0 Å². The number of nitrogens with zero attached hydrogens (tertiary/aromatic N) is 1. The summed E-state index contributed by atoms with van der Waals surface area (Å²) in [6.45, 7) is 0.379. The van der Waals surface area contributed by atoms with Crippen LogP contribution in [0.2, 0.25) is 0 Å². The van der Waals surface area contributed by atoms with Crippen molar-refractivity contribution in [1.29, 1.82) is 5.53 Å². The SMILES string of the molecule is N=NOCc1ccccc1. The van der Waals surface area contributed by atoms with E-state index in [1.54, 1.807) is 0 Å². The lowest BCUT2D eigenvalue weighted by atomic mass is 10.2. The molecule has 1 aromatic rings. The van der Waals surface area contributed by atoms with Crippen LogP contribution in [0.4, 0.5) is 0 Å². The fourth-order valence-electron chi connectivity index (χ4n) is 0.681. The second kappa shape index (κ2) is 3.61. The van der Waals surface area contributed by atoms with E-state index in [0.717, 1.165) is 5.56 Å². The van der Waals surface area contributed by atoms with E-state index in [-0.39, 0.29) is 0 Å². The van der Waals surface area contributed by atoms with Crippen molar-refractivity contribution in [2.75, 3.05) is 0 Å². The molecule has 0 saturated carbocycles. The Hall–Kier alpha value is -1.38. The van der Waals surface area contributed by atoms with E-state index in [1.807, 2.05) is 30.3 Å². The van der Waals surface area contributed by atoms with Gasteiger partial charge in [-0.1, -0.05) is 30.3 Å². The zero-order valence-corrected chi connectivity index (χ0v) is 5.45. The summed E-state index contributed by atoms with van der Waals surface area (Å²) < 4.78 is 0. The maximum absolute atomic E-state index is 6.35. The van der Waals surface area contributed by atoms with E-state index in [2.05, 4.69) is 10.1 Å². The largest absolute Gasteiger partial charge is 0.375 e. The quantitative estimate of drug-likeness (QED) is 0.502. The van der Waals surface area contributed by atoms with Crippen molar-refractivity contribution in [3.05, 3.63) is 35.9 Å². The van der Waals surface area contributed by atoms with Gasteiger partial charge in [0, 0.05) is 5.28 Å². The monoisotopic (exact) mass is 136 g/mol. The predicted molar refractivity (Wildman–Crippen MR) is 36.4 cm³/mol. The Morgan fingerprint density at radius 1 is 1.30 bits per heavy atom. The Balaban J connectivity index is 2.50. The maximum atomic E-state index is 6.35. The molecule has 0 atom stereocenters. The lowest BCUT2D eigenvalue weighted by molar-refractivity contribution is 0.103. The number of benzene rings is 1. The third-order valence-corrected chi connectivity index (χ3v) is 1.14. The molecule has 0 aromatic heterocycles. The molecule has 0 bridgehead atoms. The summed E-state index contributed by atoms with van der Waals surface area (Å²) >= 11 is 0. The Morgan fingerprint density at radius 2 is 2.00 bits per heavy atom. The van der Waals surface area contributed by atoms with Crippen LogP contribution in [0.15, 0.2) is 35.6 Å². The molecule has 0 spiro atoms. The van der Waals surface area contributed by atoms with Crippen LogP contribution < -0.4 is 0 Å². The summed E-state index contributed by atoms with van der Waals surface area (Å²) in [5.74, 6) is 0. The van der Waals surface area contributed by atoms with Gasteiger partial charge >= 0.3 is 0 Å². The van der Waals surface area contributed by atoms with E-state index < -0.39 is 0 Å². The zero-order chi connectivity index (χ0) is 7.23. The first-order chi connectivity index (χ1) is 4.93. The molecule has 1 aromatic carbocycles. The molecule has 1 rings (SSSR count). The number of rotatable bonds is 3. The van der Waals surface area contributed by atoms with Gasteiger partial charge in [-0.2, -0.15) is 5.53 Å². The summed E-state index contributed by atoms with van der Waals surface area (Å²) in [5.41, 5.74) is 7.38. The van der Waals surface area contributed by atoms with Crippen LogP contribution in [0, 0.1) is 5.53 Å². The first-order valence-electron chi connectivity index (χ1n) is 2.96. The minimum atomic E-state index is 0.379. The third-order valence-electron chi connectivity index (χ3n) is 1.14. The van der Waals surface area contributed by atoms with Crippen LogP contribution in [0.3, 0.4) is 0 Å². The van der Waals surface area contributed by atoms with Gasteiger partial charge in [-0.05, 0) is 5.56 Å². The molecule has 1 N–H and O–H groups in total. The smallest absolute Gasteiger partial charge is 0.144 e. The molecule has 0 aliphatic heterocycles. The van der Waals surface area contributed by atoms with Crippen LogP contribution in [-0.4, -0.2) is 0 Å². The van der Waals surface area contributed by atoms with E-state index in [4.69, 9.17) is 5.53 Å². The second-order valence-corrected chi connectivity index (χ2v) is 1.85. The molecule has 0 fully saturated rings. The zero-order valence-electron chi connectivity index (χ0n) is 5.45. The molecule has 0 heterocycles. The van der Waals surface area contributed by atoms with Crippen LogP contribution in [0.5, 0.6) is 0 Å². The lowest BCUT2D eigenvalue weighted by Crippen LogP contribution is -1.83. The van der Waals surface area contributed by atoms with Crippen molar-refractivity contribution in [2.24, 2.45) is 5.28 Å². The van der Waals surface area contributed by atoms with E-state index in [1.165, 1.54) is 0 Å². The van der Waals surface area contributed by atoms with Gasteiger partial charge in [-0.15, -0.1) is 0 Å². The Labute approximate surface area is 59.1 Å². The second-order valence-electron chi connectivity index (χ2n) is 1.85. The highest BCUT2D eigenvalue weighted by atomic mass is 16.6. The molecule has 3 heteroatoms. The molecule has 0 aliphatic carbocycles. The minimum absolute atomic E-state index is 0.379. The molecule has 0 unspecified atom stereocenters. The van der Waals surface area contributed by atoms with Gasteiger partial charge in [0.2, 0.25) is 0 Å². The Morgan fingerprint density at radius 3 is 2.60 bits per heavy atom. The molecular formula is C7H8N2O. The molecule has 0 aliphatic rings. The average molecular weight is 136 g/mol. The molecule has 52 valence electrons. The highest BCUT2D eigenvalue weighted by Crippen LogP contribution is 1.99. The fourth-order valence-corrected chi connectivity index (χ4v) is 0.681. The first-order valence-corrected chi connectivity index (χ1v) is 2.96. The summed E-state index contributed by atoms with van der Waals surface area (Å²) in [7, 11) is 0. The molecular weight excluding hydrogens is 128 g/mol. The van der Waals surface area contributed by atoms with E-state index in [9.17, 15) is 0 Å². The van der Waals surface area contributed by atoms with Crippen LogP contribution in [0.25, 0.3) is 0 Å². The standard InChI is InChI=1S/C7H8N2O/c8-9-10-6-7-4-2-1-3-5-7/h1-5,8H,6H2.